The lowest BCUT2D eigenvalue weighted by atomic mass is 10.1. The van der Waals surface area contributed by atoms with E-state index in [0.29, 0.717) is 29.5 Å². The molecule has 1 unspecified atom stereocenters. The van der Waals surface area contributed by atoms with E-state index >= 15 is 0 Å². The van der Waals surface area contributed by atoms with E-state index in [2.05, 4.69) is 5.32 Å². The Morgan fingerprint density at radius 1 is 1.37 bits per heavy atom. The fourth-order valence-electron chi connectivity index (χ4n) is 1.62. The summed E-state index contributed by atoms with van der Waals surface area (Å²) in [4.78, 5) is 11.8. The topological polar surface area (TPSA) is 56.8 Å². The van der Waals surface area contributed by atoms with E-state index in [4.69, 9.17) is 25.8 Å². The Morgan fingerprint density at radius 3 is 2.63 bits per heavy atom. The molecule has 106 valence electrons. The number of hydrogen-bond acceptors (Lipinski definition) is 5. The minimum atomic E-state index is -0.580. The third-order valence-electron chi connectivity index (χ3n) is 2.60. The summed E-state index contributed by atoms with van der Waals surface area (Å²) in [6, 6.07) is 4.59. The van der Waals surface area contributed by atoms with Gasteiger partial charge in [0.2, 0.25) is 0 Å². The number of esters is 1. The van der Waals surface area contributed by atoms with Crippen molar-refractivity contribution in [2.75, 3.05) is 34.5 Å². The maximum atomic E-state index is 11.8. The van der Waals surface area contributed by atoms with Crippen molar-refractivity contribution in [3.63, 3.8) is 0 Å². The Bertz CT molecular complexity index is 425. The zero-order chi connectivity index (χ0) is 14.3. The van der Waals surface area contributed by atoms with Gasteiger partial charge in [0.05, 0.1) is 25.8 Å². The third-order valence-corrected chi connectivity index (χ3v) is 2.90. The molecule has 5 nitrogen and oxygen atoms in total. The second-order valence-electron chi connectivity index (χ2n) is 3.80. The molecule has 0 aliphatic rings. The smallest absolute Gasteiger partial charge is 0.327 e. The number of carbonyl (C=O) groups excluding carboxylic acids is 1. The molecule has 19 heavy (non-hydrogen) atoms. The van der Waals surface area contributed by atoms with Gasteiger partial charge in [-0.15, -0.1) is 0 Å². The molecule has 1 N–H and O–H groups in total. The number of nitrogens with one attached hydrogen (secondary N) is 1. The van der Waals surface area contributed by atoms with Crippen molar-refractivity contribution >= 4 is 17.6 Å². The average molecular weight is 288 g/mol. The molecule has 1 rings (SSSR count). The molecule has 0 fully saturated rings. The normalized spacial score (nSPS) is 12.0. The number of ether oxygens (including phenoxy) is 3. The van der Waals surface area contributed by atoms with Gasteiger partial charge in [0, 0.05) is 13.7 Å². The van der Waals surface area contributed by atoms with Crippen molar-refractivity contribution in [1.82, 2.24) is 5.32 Å². The molecule has 1 aromatic carbocycles. The summed E-state index contributed by atoms with van der Waals surface area (Å²) >= 11 is 6.05. The molecule has 0 radical (unpaired) electrons. The maximum Gasteiger partial charge on any atom is 0.327 e. The van der Waals surface area contributed by atoms with Gasteiger partial charge in [0.1, 0.15) is 11.8 Å². The Kier molecular flexibility index (Phi) is 6.62. The molecule has 1 aromatic rings. The van der Waals surface area contributed by atoms with E-state index in [1.54, 1.807) is 25.3 Å². The molecular formula is C13H18ClNO4. The minimum absolute atomic E-state index is 0.377. The molecule has 0 saturated heterocycles. The average Bonchev–Trinajstić information content (AvgIpc) is 2.43. The van der Waals surface area contributed by atoms with E-state index in [1.807, 2.05) is 0 Å². The molecule has 0 amide bonds. The van der Waals surface area contributed by atoms with Gasteiger partial charge in [-0.25, -0.2) is 4.79 Å². The van der Waals surface area contributed by atoms with Crippen LogP contribution in [0.1, 0.15) is 11.6 Å². The van der Waals surface area contributed by atoms with E-state index in [0.717, 1.165) is 0 Å². The lowest BCUT2D eigenvalue weighted by Gasteiger charge is -2.17. The molecule has 1 atom stereocenters. The molecule has 0 aromatic heterocycles. The van der Waals surface area contributed by atoms with Gasteiger partial charge in [-0.1, -0.05) is 17.7 Å². The van der Waals surface area contributed by atoms with Crippen LogP contribution in [-0.2, 0) is 14.3 Å². The van der Waals surface area contributed by atoms with Crippen molar-refractivity contribution in [2.24, 2.45) is 0 Å². The summed E-state index contributed by atoms with van der Waals surface area (Å²) in [6.07, 6.45) is 0. The third kappa shape index (κ3) is 4.38. The van der Waals surface area contributed by atoms with Crippen LogP contribution in [0.3, 0.4) is 0 Å². The molecule has 0 aliphatic carbocycles. The first-order valence-corrected chi connectivity index (χ1v) is 6.15. The number of benzene rings is 1. The van der Waals surface area contributed by atoms with Gasteiger partial charge >= 0.3 is 5.97 Å². The van der Waals surface area contributed by atoms with E-state index in [9.17, 15) is 4.79 Å². The molecule has 0 spiro atoms. The van der Waals surface area contributed by atoms with Crippen LogP contribution in [0.4, 0.5) is 0 Å². The van der Waals surface area contributed by atoms with Crippen LogP contribution in [-0.4, -0.2) is 40.5 Å². The second-order valence-corrected chi connectivity index (χ2v) is 4.20. The molecule has 0 saturated carbocycles. The molecule has 0 aliphatic heterocycles. The fraction of sp³-hybridized carbons (Fsp3) is 0.462. The number of methoxy groups -OCH3 is 3. The molecule has 0 bridgehead atoms. The van der Waals surface area contributed by atoms with Gasteiger partial charge < -0.3 is 14.2 Å². The maximum absolute atomic E-state index is 11.8. The standard InChI is InChI=1S/C13H18ClNO4/c1-17-7-6-15-12(13(16)19-3)9-4-5-11(18-2)10(14)8-9/h4-5,8,12,15H,6-7H2,1-3H3. The quantitative estimate of drug-likeness (QED) is 0.612. The van der Waals surface area contributed by atoms with E-state index in [1.165, 1.54) is 14.2 Å². The number of carbonyl (C=O) groups is 1. The summed E-state index contributed by atoms with van der Waals surface area (Å²) in [5.74, 6) is 0.184. The van der Waals surface area contributed by atoms with Crippen LogP contribution in [0.15, 0.2) is 18.2 Å². The summed E-state index contributed by atoms with van der Waals surface area (Å²) < 4.78 is 14.8. The van der Waals surface area contributed by atoms with Crippen LogP contribution in [0.5, 0.6) is 5.75 Å². The summed E-state index contributed by atoms with van der Waals surface area (Å²) in [7, 11) is 4.48. The minimum Gasteiger partial charge on any atom is -0.495 e. The van der Waals surface area contributed by atoms with Crippen molar-refractivity contribution in [1.29, 1.82) is 0 Å². The lowest BCUT2D eigenvalue weighted by molar-refractivity contribution is -0.143. The molecule has 0 heterocycles. The zero-order valence-corrected chi connectivity index (χ0v) is 12.0. The van der Waals surface area contributed by atoms with Crippen molar-refractivity contribution in [3.8, 4) is 5.75 Å². The first kappa shape index (κ1) is 15.8. The van der Waals surface area contributed by atoms with Crippen molar-refractivity contribution in [2.45, 2.75) is 6.04 Å². The summed E-state index contributed by atoms with van der Waals surface area (Å²) in [6.45, 7) is 1.03. The zero-order valence-electron chi connectivity index (χ0n) is 11.2. The van der Waals surface area contributed by atoms with Crippen molar-refractivity contribution < 1.29 is 19.0 Å². The van der Waals surface area contributed by atoms with Crippen LogP contribution >= 0.6 is 11.6 Å². The SMILES string of the molecule is COCCNC(C(=O)OC)c1ccc(OC)c(Cl)c1. The van der Waals surface area contributed by atoms with Gasteiger partial charge in [0.25, 0.3) is 0 Å². The number of rotatable bonds is 7. The second kappa shape index (κ2) is 7.99. The largest absolute Gasteiger partial charge is 0.495 e. The van der Waals surface area contributed by atoms with Gasteiger partial charge in [-0.2, -0.15) is 0 Å². The molecule has 6 heteroatoms. The highest BCUT2D eigenvalue weighted by atomic mass is 35.5. The molecular weight excluding hydrogens is 270 g/mol. The Hall–Kier alpha value is -1.30. The summed E-state index contributed by atoms with van der Waals surface area (Å²) in [5.41, 5.74) is 0.716. The predicted molar refractivity (Wildman–Crippen MR) is 72.6 cm³/mol. The Balaban J connectivity index is 2.90. The Labute approximate surface area is 117 Å². The fourth-order valence-corrected chi connectivity index (χ4v) is 1.89. The van der Waals surface area contributed by atoms with Crippen LogP contribution < -0.4 is 10.1 Å². The van der Waals surface area contributed by atoms with E-state index in [-0.39, 0.29) is 5.97 Å². The van der Waals surface area contributed by atoms with Gasteiger partial charge in [0.15, 0.2) is 0 Å². The number of hydrogen-bond donors (Lipinski definition) is 1. The highest BCUT2D eigenvalue weighted by Gasteiger charge is 2.21. The predicted octanol–water partition coefficient (Wildman–Crippen LogP) is 1.80. The summed E-state index contributed by atoms with van der Waals surface area (Å²) in [5, 5.41) is 3.50. The van der Waals surface area contributed by atoms with Crippen LogP contribution in [0, 0.1) is 0 Å². The lowest BCUT2D eigenvalue weighted by Crippen LogP contribution is -2.32. The van der Waals surface area contributed by atoms with E-state index < -0.39 is 6.04 Å². The highest BCUT2D eigenvalue weighted by molar-refractivity contribution is 6.32. The number of halogens is 1. The van der Waals surface area contributed by atoms with Gasteiger partial charge in [-0.3, -0.25) is 5.32 Å². The first-order valence-electron chi connectivity index (χ1n) is 5.77. The van der Waals surface area contributed by atoms with Crippen molar-refractivity contribution in [3.05, 3.63) is 28.8 Å². The first-order chi connectivity index (χ1) is 9.13. The van der Waals surface area contributed by atoms with Gasteiger partial charge in [-0.05, 0) is 17.7 Å². The highest BCUT2D eigenvalue weighted by Crippen LogP contribution is 2.28. The Morgan fingerprint density at radius 2 is 2.11 bits per heavy atom. The van der Waals surface area contributed by atoms with Crippen LogP contribution in [0.2, 0.25) is 5.02 Å². The van der Waals surface area contributed by atoms with Crippen LogP contribution in [0.25, 0.3) is 0 Å². The monoisotopic (exact) mass is 287 g/mol.